The summed E-state index contributed by atoms with van der Waals surface area (Å²) in [5.74, 6) is 1.90. The maximum Gasteiger partial charge on any atom is 0.0382 e. The monoisotopic (exact) mass is 268 g/mol. The lowest BCUT2D eigenvalue weighted by Gasteiger charge is -2.53. The molecule has 1 aromatic rings. The Hall–Kier alpha value is -1.02. The van der Waals surface area contributed by atoms with Crippen LogP contribution < -0.4 is 5.32 Å². The third kappa shape index (κ3) is 1.21. The molecular formula is C18H24N2. The summed E-state index contributed by atoms with van der Waals surface area (Å²) in [6.07, 6.45) is 5.58. The quantitative estimate of drug-likeness (QED) is 0.841. The minimum atomic E-state index is 0.436. The van der Waals surface area contributed by atoms with Gasteiger partial charge in [-0.25, -0.2) is 0 Å². The van der Waals surface area contributed by atoms with Gasteiger partial charge >= 0.3 is 0 Å². The normalized spacial score (nSPS) is 44.9. The Balaban J connectivity index is 1.64. The van der Waals surface area contributed by atoms with Gasteiger partial charge in [-0.05, 0) is 49.3 Å². The van der Waals surface area contributed by atoms with Crippen molar-refractivity contribution in [1.82, 2.24) is 4.90 Å². The summed E-state index contributed by atoms with van der Waals surface area (Å²) in [6, 6.07) is 10.6. The Morgan fingerprint density at radius 2 is 2.20 bits per heavy atom. The topological polar surface area (TPSA) is 15.3 Å². The molecule has 5 unspecified atom stereocenters. The van der Waals surface area contributed by atoms with E-state index < -0.39 is 0 Å². The van der Waals surface area contributed by atoms with Gasteiger partial charge in [-0.15, -0.1) is 0 Å². The lowest BCUT2D eigenvalue weighted by Crippen LogP contribution is -2.59. The van der Waals surface area contributed by atoms with E-state index in [1.54, 1.807) is 5.56 Å². The highest BCUT2D eigenvalue weighted by Gasteiger charge is 2.62. The van der Waals surface area contributed by atoms with Crippen LogP contribution >= 0.6 is 0 Å². The van der Waals surface area contributed by atoms with Gasteiger partial charge in [0, 0.05) is 29.7 Å². The first-order valence-electron chi connectivity index (χ1n) is 8.43. The zero-order valence-corrected chi connectivity index (χ0v) is 12.3. The van der Waals surface area contributed by atoms with E-state index in [-0.39, 0.29) is 0 Å². The number of rotatable bonds is 1. The summed E-state index contributed by atoms with van der Waals surface area (Å²) >= 11 is 0. The Bertz CT molecular complexity index is 554. The number of nitrogens with zero attached hydrogens (tertiary/aromatic N) is 1. The van der Waals surface area contributed by atoms with Gasteiger partial charge in [-0.3, -0.25) is 4.90 Å². The lowest BCUT2D eigenvalue weighted by atomic mass is 9.59. The lowest BCUT2D eigenvalue weighted by molar-refractivity contribution is 0.0207. The van der Waals surface area contributed by atoms with Crippen LogP contribution in [-0.4, -0.2) is 30.1 Å². The molecule has 5 atom stereocenters. The fourth-order valence-corrected chi connectivity index (χ4v) is 6.05. The van der Waals surface area contributed by atoms with Crippen molar-refractivity contribution in [3.8, 4) is 0 Å². The number of piperidine rings is 1. The van der Waals surface area contributed by atoms with Gasteiger partial charge in [0.2, 0.25) is 0 Å². The number of hydrogen-bond donors (Lipinski definition) is 1. The molecule has 0 aromatic heterocycles. The molecule has 3 aliphatic heterocycles. The van der Waals surface area contributed by atoms with E-state index in [4.69, 9.17) is 0 Å². The molecule has 0 radical (unpaired) electrons. The number of anilines is 1. The predicted octanol–water partition coefficient (Wildman–Crippen LogP) is 3.24. The first-order valence-corrected chi connectivity index (χ1v) is 8.43. The van der Waals surface area contributed by atoms with Crippen LogP contribution in [0.5, 0.6) is 0 Å². The smallest absolute Gasteiger partial charge is 0.0382 e. The van der Waals surface area contributed by atoms with E-state index in [0.29, 0.717) is 11.5 Å². The van der Waals surface area contributed by atoms with Gasteiger partial charge in [0.1, 0.15) is 0 Å². The maximum absolute atomic E-state index is 3.90. The zero-order valence-electron chi connectivity index (χ0n) is 12.3. The van der Waals surface area contributed by atoms with Gasteiger partial charge in [0.05, 0.1) is 0 Å². The molecule has 20 heavy (non-hydrogen) atoms. The molecule has 2 bridgehead atoms. The Morgan fingerprint density at radius 3 is 3.10 bits per heavy atom. The van der Waals surface area contributed by atoms with Gasteiger partial charge in [-0.2, -0.15) is 0 Å². The van der Waals surface area contributed by atoms with Crippen LogP contribution in [0.1, 0.15) is 38.2 Å². The first-order chi connectivity index (χ1) is 9.83. The van der Waals surface area contributed by atoms with Crippen molar-refractivity contribution in [2.24, 2.45) is 11.8 Å². The van der Waals surface area contributed by atoms with E-state index in [2.05, 4.69) is 41.4 Å². The van der Waals surface area contributed by atoms with Crippen molar-refractivity contribution in [1.29, 1.82) is 0 Å². The van der Waals surface area contributed by atoms with E-state index in [1.807, 2.05) is 0 Å². The molecule has 1 aliphatic carbocycles. The average Bonchev–Trinajstić information content (AvgIpc) is 3.02. The predicted molar refractivity (Wildman–Crippen MR) is 82.0 cm³/mol. The molecule has 1 spiro atoms. The third-order valence-corrected chi connectivity index (χ3v) is 6.95. The molecule has 2 heteroatoms. The second kappa shape index (κ2) is 3.79. The van der Waals surface area contributed by atoms with Crippen LogP contribution in [-0.2, 0) is 5.41 Å². The Morgan fingerprint density at radius 1 is 1.30 bits per heavy atom. The minimum absolute atomic E-state index is 0.436. The van der Waals surface area contributed by atoms with Crippen molar-refractivity contribution >= 4 is 5.69 Å². The Labute approximate surface area is 121 Å². The highest BCUT2D eigenvalue weighted by Crippen LogP contribution is 2.59. The van der Waals surface area contributed by atoms with Crippen molar-refractivity contribution in [3.05, 3.63) is 29.8 Å². The summed E-state index contributed by atoms with van der Waals surface area (Å²) in [7, 11) is 0. The van der Waals surface area contributed by atoms with Crippen LogP contribution in [0, 0.1) is 11.8 Å². The van der Waals surface area contributed by atoms with Crippen molar-refractivity contribution in [3.63, 3.8) is 0 Å². The van der Waals surface area contributed by atoms with E-state index in [0.717, 1.165) is 17.9 Å². The SMILES string of the molecule is CCC1CN2CCC34c5ccccc5NC3CC1CC24. The second-order valence-electron chi connectivity index (χ2n) is 7.44. The molecule has 1 aromatic carbocycles. The molecule has 3 heterocycles. The molecule has 0 amide bonds. The van der Waals surface area contributed by atoms with Crippen molar-refractivity contribution < 1.29 is 0 Å². The first kappa shape index (κ1) is 11.6. The summed E-state index contributed by atoms with van der Waals surface area (Å²) < 4.78 is 0. The van der Waals surface area contributed by atoms with E-state index in [1.165, 1.54) is 44.5 Å². The third-order valence-electron chi connectivity index (χ3n) is 6.95. The number of hydrogen-bond acceptors (Lipinski definition) is 2. The van der Waals surface area contributed by atoms with Crippen LogP contribution in [0.15, 0.2) is 24.3 Å². The van der Waals surface area contributed by atoms with Gasteiger partial charge in [0.25, 0.3) is 0 Å². The van der Waals surface area contributed by atoms with Crippen LogP contribution in [0.4, 0.5) is 5.69 Å². The van der Waals surface area contributed by atoms with Gasteiger partial charge in [0.15, 0.2) is 0 Å². The zero-order chi connectivity index (χ0) is 13.3. The standard InChI is InChI=1S/C18H24N2/c1-2-12-11-20-8-7-18-14-5-3-4-6-15(14)19-16(18)9-13(12)10-17(18)20/h3-6,12-13,16-17,19H,2,7-11H2,1H3. The minimum Gasteiger partial charge on any atom is -0.381 e. The molecule has 5 rings (SSSR count). The van der Waals surface area contributed by atoms with E-state index in [9.17, 15) is 0 Å². The molecule has 1 N–H and O–H groups in total. The Kier molecular flexibility index (Phi) is 2.20. The largest absolute Gasteiger partial charge is 0.381 e. The van der Waals surface area contributed by atoms with E-state index >= 15 is 0 Å². The second-order valence-corrected chi connectivity index (χ2v) is 7.44. The molecule has 2 nitrogen and oxygen atoms in total. The summed E-state index contributed by atoms with van der Waals surface area (Å²) in [5, 5.41) is 3.90. The number of nitrogens with one attached hydrogen (secondary N) is 1. The highest BCUT2D eigenvalue weighted by molar-refractivity contribution is 5.64. The molecular weight excluding hydrogens is 244 g/mol. The fraction of sp³-hybridized carbons (Fsp3) is 0.667. The summed E-state index contributed by atoms with van der Waals surface area (Å²) in [5.41, 5.74) is 3.50. The van der Waals surface area contributed by atoms with Gasteiger partial charge < -0.3 is 5.32 Å². The fourth-order valence-electron chi connectivity index (χ4n) is 6.05. The van der Waals surface area contributed by atoms with Crippen molar-refractivity contribution in [2.45, 2.75) is 50.1 Å². The summed E-state index contributed by atoms with van der Waals surface area (Å²) in [6.45, 7) is 5.07. The molecule has 106 valence electrons. The molecule has 2 saturated heterocycles. The molecule has 4 aliphatic rings. The molecule has 1 saturated carbocycles. The number of benzene rings is 1. The summed E-state index contributed by atoms with van der Waals surface area (Å²) in [4.78, 5) is 2.83. The number of fused-ring (bicyclic) bond motifs is 2. The van der Waals surface area contributed by atoms with Gasteiger partial charge in [-0.1, -0.05) is 31.5 Å². The number of para-hydroxylation sites is 1. The van der Waals surface area contributed by atoms with Crippen LogP contribution in [0.25, 0.3) is 0 Å². The highest BCUT2D eigenvalue weighted by atomic mass is 15.2. The van der Waals surface area contributed by atoms with Crippen LogP contribution in [0.2, 0.25) is 0 Å². The average molecular weight is 268 g/mol. The van der Waals surface area contributed by atoms with Crippen molar-refractivity contribution in [2.75, 3.05) is 18.4 Å². The maximum atomic E-state index is 3.90. The molecule has 3 fully saturated rings. The van der Waals surface area contributed by atoms with Crippen LogP contribution in [0.3, 0.4) is 0 Å².